The highest BCUT2D eigenvalue weighted by atomic mass is 14.4. The van der Waals surface area contributed by atoms with Gasteiger partial charge in [-0.05, 0) is 53.2 Å². The zero-order valence-corrected chi connectivity index (χ0v) is 11.5. The van der Waals surface area contributed by atoms with Crippen molar-refractivity contribution in [2.45, 2.75) is 33.6 Å². The second kappa shape index (κ2) is 4.28. The van der Waals surface area contributed by atoms with Crippen molar-refractivity contribution in [3.05, 3.63) is 69.9 Å². The van der Waals surface area contributed by atoms with E-state index in [0.717, 1.165) is 12.8 Å². The summed E-state index contributed by atoms with van der Waals surface area (Å²) in [6.45, 7) is 6.78. The molecule has 0 radical (unpaired) electrons. The summed E-state index contributed by atoms with van der Waals surface area (Å²) < 4.78 is 0. The molecule has 0 N–H and O–H groups in total. The molecule has 0 bridgehead atoms. The number of allylic oxidation sites excluding steroid dienone is 12. The molecule has 3 aliphatic carbocycles. The molecule has 0 saturated heterocycles. The van der Waals surface area contributed by atoms with Crippen molar-refractivity contribution in [3.8, 4) is 0 Å². The highest BCUT2D eigenvalue weighted by Gasteiger charge is 2.32. The van der Waals surface area contributed by atoms with Crippen LogP contribution in [-0.2, 0) is 0 Å². The van der Waals surface area contributed by atoms with E-state index in [9.17, 15) is 0 Å². The molecule has 3 aliphatic rings. The van der Waals surface area contributed by atoms with Gasteiger partial charge in [0.25, 0.3) is 0 Å². The Morgan fingerprint density at radius 3 is 2.61 bits per heavy atom. The lowest BCUT2D eigenvalue weighted by molar-refractivity contribution is 0.796. The van der Waals surface area contributed by atoms with Gasteiger partial charge in [0.15, 0.2) is 0 Å². The van der Waals surface area contributed by atoms with Gasteiger partial charge in [-0.3, -0.25) is 0 Å². The molecule has 0 saturated carbocycles. The first kappa shape index (κ1) is 11.5. The van der Waals surface area contributed by atoms with Gasteiger partial charge in [0.1, 0.15) is 0 Å². The van der Waals surface area contributed by atoms with Crippen LogP contribution < -0.4 is 0 Å². The summed E-state index contributed by atoms with van der Waals surface area (Å²) in [6, 6.07) is 0. The molecule has 0 spiro atoms. The quantitative estimate of drug-likeness (QED) is 0.630. The van der Waals surface area contributed by atoms with Crippen molar-refractivity contribution >= 4 is 0 Å². The average Bonchev–Trinajstić information content (AvgIpc) is 2.42. The van der Waals surface area contributed by atoms with E-state index in [4.69, 9.17) is 0 Å². The third kappa shape index (κ3) is 1.52. The van der Waals surface area contributed by atoms with E-state index in [-0.39, 0.29) is 0 Å². The lowest BCUT2D eigenvalue weighted by Gasteiger charge is -2.36. The van der Waals surface area contributed by atoms with Gasteiger partial charge >= 0.3 is 0 Å². The molecule has 0 aromatic rings. The smallest absolute Gasteiger partial charge is 0.0348 e. The zero-order valence-electron chi connectivity index (χ0n) is 11.5. The minimum absolute atomic E-state index is 0.509. The largest absolute Gasteiger partial charge is 0.0616 e. The molecule has 0 heterocycles. The topological polar surface area (TPSA) is 0 Å². The molecule has 3 rings (SSSR count). The summed E-state index contributed by atoms with van der Waals surface area (Å²) >= 11 is 0. The van der Waals surface area contributed by atoms with Crippen LogP contribution in [0.2, 0.25) is 0 Å². The summed E-state index contributed by atoms with van der Waals surface area (Å²) in [5.74, 6) is 0.509. The van der Waals surface area contributed by atoms with Crippen molar-refractivity contribution in [2.75, 3.05) is 0 Å². The van der Waals surface area contributed by atoms with Crippen molar-refractivity contribution < 1.29 is 0 Å². The van der Waals surface area contributed by atoms with Gasteiger partial charge in [0, 0.05) is 5.92 Å². The summed E-state index contributed by atoms with van der Waals surface area (Å²) in [5, 5.41) is 0. The molecule has 0 fully saturated rings. The van der Waals surface area contributed by atoms with Gasteiger partial charge in [-0.15, -0.1) is 0 Å². The Balaban J connectivity index is 2.27. The molecule has 1 atom stereocenters. The Kier molecular flexibility index (Phi) is 2.74. The van der Waals surface area contributed by atoms with Crippen molar-refractivity contribution in [1.29, 1.82) is 0 Å². The van der Waals surface area contributed by atoms with Crippen LogP contribution in [0.4, 0.5) is 0 Å². The van der Waals surface area contributed by atoms with E-state index in [1.165, 1.54) is 27.9 Å². The molecule has 0 aliphatic heterocycles. The molecule has 0 heteroatoms. The van der Waals surface area contributed by atoms with Gasteiger partial charge in [-0.25, -0.2) is 0 Å². The van der Waals surface area contributed by atoms with Crippen LogP contribution in [0.25, 0.3) is 0 Å². The van der Waals surface area contributed by atoms with Gasteiger partial charge in [-0.1, -0.05) is 50.3 Å². The number of hydrogen-bond donors (Lipinski definition) is 0. The van der Waals surface area contributed by atoms with Gasteiger partial charge in [0.05, 0.1) is 0 Å². The SMILES string of the molecule is CCC1=CC(CC)=C2C(C)=CC=C3C=CC=C1C32. The van der Waals surface area contributed by atoms with Crippen LogP contribution in [0.15, 0.2) is 69.9 Å². The first-order valence-electron chi connectivity index (χ1n) is 6.97. The highest BCUT2D eigenvalue weighted by Crippen LogP contribution is 2.47. The van der Waals surface area contributed by atoms with Crippen molar-refractivity contribution in [2.24, 2.45) is 5.92 Å². The Bertz CT molecular complexity index is 571. The molecular weight excluding hydrogens is 216 g/mol. The van der Waals surface area contributed by atoms with Crippen LogP contribution in [0.1, 0.15) is 33.6 Å². The summed E-state index contributed by atoms with van der Waals surface area (Å²) in [7, 11) is 0. The maximum atomic E-state index is 2.43. The Labute approximate surface area is 110 Å². The van der Waals surface area contributed by atoms with Crippen LogP contribution in [-0.4, -0.2) is 0 Å². The van der Waals surface area contributed by atoms with Crippen LogP contribution in [0.5, 0.6) is 0 Å². The normalized spacial score (nSPS) is 25.2. The second-order valence-electron chi connectivity index (χ2n) is 5.25. The highest BCUT2D eigenvalue weighted by molar-refractivity contribution is 5.65. The summed E-state index contributed by atoms with van der Waals surface area (Å²) in [4.78, 5) is 0. The fourth-order valence-corrected chi connectivity index (χ4v) is 3.35. The van der Waals surface area contributed by atoms with Crippen molar-refractivity contribution in [3.63, 3.8) is 0 Å². The monoisotopic (exact) mass is 236 g/mol. The van der Waals surface area contributed by atoms with Crippen LogP contribution in [0, 0.1) is 5.92 Å². The Hall–Kier alpha value is -1.56. The second-order valence-corrected chi connectivity index (χ2v) is 5.25. The van der Waals surface area contributed by atoms with Crippen molar-refractivity contribution in [1.82, 2.24) is 0 Å². The first-order valence-corrected chi connectivity index (χ1v) is 6.97. The van der Waals surface area contributed by atoms with Crippen LogP contribution >= 0.6 is 0 Å². The molecule has 0 nitrogen and oxygen atoms in total. The molecule has 0 amide bonds. The number of rotatable bonds is 2. The fourth-order valence-electron chi connectivity index (χ4n) is 3.35. The van der Waals surface area contributed by atoms with E-state index in [2.05, 4.69) is 57.2 Å². The maximum absolute atomic E-state index is 2.43. The fraction of sp³-hybridized carbons (Fsp3) is 0.333. The maximum Gasteiger partial charge on any atom is 0.0348 e. The molecular formula is C18H20. The van der Waals surface area contributed by atoms with E-state index >= 15 is 0 Å². The van der Waals surface area contributed by atoms with Gasteiger partial charge < -0.3 is 0 Å². The zero-order chi connectivity index (χ0) is 12.7. The lowest BCUT2D eigenvalue weighted by atomic mass is 9.68. The average molecular weight is 236 g/mol. The predicted octanol–water partition coefficient (Wildman–Crippen LogP) is 5.04. The van der Waals surface area contributed by atoms with Crippen LogP contribution in [0.3, 0.4) is 0 Å². The Morgan fingerprint density at radius 1 is 1.06 bits per heavy atom. The molecule has 1 unspecified atom stereocenters. The molecule has 92 valence electrons. The standard InChI is InChI=1S/C18H20/c1-4-13-11-14(5-2)17-12(3)9-10-15-7-6-8-16(13)18(15)17/h6-11,18H,4-5H2,1-3H3. The van der Waals surface area contributed by atoms with Gasteiger partial charge in [-0.2, -0.15) is 0 Å². The predicted molar refractivity (Wildman–Crippen MR) is 78.2 cm³/mol. The number of hydrogen-bond acceptors (Lipinski definition) is 0. The van der Waals surface area contributed by atoms with E-state index in [0.29, 0.717) is 5.92 Å². The van der Waals surface area contributed by atoms with E-state index in [1.54, 1.807) is 5.57 Å². The van der Waals surface area contributed by atoms with E-state index < -0.39 is 0 Å². The minimum atomic E-state index is 0.509. The first-order chi connectivity index (χ1) is 8.76. The lowest BCUT2D eigenvalue weighted by Crippen LogP contribution is -2.21. The third-order valence-electron chi connectivity index (χ3n) is 4.28. The van der Waals surface area contributed by atoms with Gasteiger partial charge in [0.2, 0.25) is 0 Å². The minimum Gasteiger partial charge on any atom is -0.0616 e. The Morgan fingerprint density at radius 2 is 1.89 bits per heavy atom. The third-order valence-corrected chi connectivity index (χ3v) is 4.28. The molecule has 0 aromatic carbocycles. The molecule has 0 aromatic heterocycles. The molecule has 18 heavy (non-hydrogen) atoms. The summed E-state index contributed by atoms with van der Waals surface area (Å²) in [6.07, 6.45) is 16.0. The summed E-state index contributed by atoms with van der Waals surface area (Å²) in [5.41, 5.74) is 9.02. The van der Waals surface area contributed by atoms with E-state index in [1.807, 2.05) is 0 Å².